The van der Waals surface area contributed by atoms with Crippen LogP contribution in [-0.4, -0.2) is 13.4 Å². The van der Waals surface area contributed by atoms with Gasteiger partial charge >= 0.3 is 0 Å². The molecule has 4 nitrogen and oxygen atoms in total. The monoisotopic (exact) mass is 286 g/mol. The SMILES string of the molecule is N#Cc1c(Cl)cc(C(F)F)nc1S(=O)(=O)Cl. The van der Waals surface area contributed by atoms with Gasteiger partial charge < -0.3 is 0 Å². The summed E-state index contributed by atoms with van der Waals surface area (Å²) < 4.78 is 46.6. The molecule has 0 radical (unpaired) electrons. The van der Waals surface area contributed by atoms with Gasteiger partial charge in [-0.1, -0.05) is 11.6 Å². The zero-order chi connectivity index (χ0) is 12.5. The summed E-state index contributed by atoms with van der Waals surface area (Å²) in [6.45, 7) is 0. The molecule has 1 rings (SSSR count). The van der Waals surface area contributed by atoms with Crippen LogP contribution in [0.4, 0.5) is 8.78 Å². The van der Waals surface area contributed by atoms with E-state index in [2.05, 4.69) is 4.98 Å². The minimum absolute atomic E-state index is 0.438. The van der Waals surface area contributed by atoms with Crippen molar-refractivity contribution in [1.82, 2.24) is 4.98 Å². The van der Waals surface area contributed by atoms with Crippen molar-refractivity contribution >= 4 is 31.3 Å². The molecule has 0 unspecified atom stereocenters. The van der Waals surface area contributed by atoms with Crippen LogP contribution in [0.25, 0.3) is 0 Å². The van der Waals surface area contributed by atoms with Gasteiger partial charge in [0.25, 0.3) is 15.5 Å². The summed E-state index contributed by atoms with van der Waals surface area (Å²) in [5.74, 6) is 0. The van der Waals surface area contributed by atoms with Gasteiger partial charge in [0, 0.05) is 10.7 Å². The molecule has 0 bridgehead atoms. The minimum atomic E-state index is -4.40. The Hall–Kier alpha value is -0.970. The Balaban J connectivity index is 3.64. The van der Waals surface area contributed by atoms with Gasteiger partial charge in [-0.3, -0.25) is 0 Å². The second-order valence-electron chi connectivity index (χ2n) is 2.56. The van der Waals surface area contributed by atoms with E-state index >= 15 is 0 Å². The summed E-state index contributed by atoms with van der Waals surface area (Å²) >= 11 is 5.47. The first-order chi connectivity index (χ1) is 7.27. The highest BCUT2D eigenvalue weighted by Gasteiger charge is 2.24. The Morgan fingerprint density at radius 3 is 2.44 bits per heavy atom. The van der Waals surface area contributed by atoms with E-state index in [4.69, 9.17) is 27.5 Å². The Morgan fingerprint density at radius 1 is 1.50 bits per heavy atom. The van der Waals surface area contributed by atoms with E-state index in [-0.39, 0.29) is 0 Å². The van der Waals surface area contributed by atoms with E-state index in [9.17, 15) is 17.2 Å². The van der Waals surface area contributed by atoms with Crippen molar-refractivity contribution in [1.29, 1.82) is 5.26 Å². The lowest BCUT2D eigenvalue weighted by molar-refractivity contribution is 0.145. The average Bonchev–Trinajstić information content (AvgIpc) is 2.14. The molecule has 1 aromatic rings. The highest BCUT2D eigenvalue weighted by Crippen LogP contribution is 2.28. The lowest BCUT2D eigenvalue weighted by Crippen LogP contribution is -2.04. The van der Waals surface area contributed by atoms with Crippen molar-refractivity contribution in [3.63, 3.8) is 0 Å². The van der Waals surface area contributed by atoms with Crippen molar-refractivity contribution in [3.8, 4) is 6.07 Å². The number of nitriles is 1. The zero-order valence-electron chi connectivity index (χ0n) is 7.29. The highest BCUT2D eigenvalue weighted by molar-refractivity contribution is 8.13. The van der Waals surface area contributed by atoms with Crippen molar-refractivity contribution in [2.45, 2.75) is 11.5 Å². The van der Waals surface area contributed by atoms with Gasteiger partial charge in [-0.25, -0.2) is 22.2 Å². The van der Waals surface area contributed by atoms with Gasteiger partial charge in [-0.15, -0.1) is 0 Å². The Morgan fingerprint density at radius 2 is 2.06 bits per heavy atom. The predicted octanol–water partition coefficient (Wildman–Crippen LogP) is 2.47. The fourth-order valence-corrected chi connectivity index (χ4v) is 2.15. The molecule has 0 atom stereocenters. The quantitative estimate of drug-likeness (QED) is 0.783. The summed E-state index contributed by atoms with van der Waals surface area (Å²) in [6.07, 6.45) is -3.01. The second-order valence-corrected chi connectivity index (χ2v) is 5.45. The van der Waals surface area contributed by atoms with Gasteiger partial charge in [-0.2, -0.15) is 5.26 Å². The van der Waals surface area contributed by atoms with Gasteiger partial charge in [0.1, 0.15) is 17.3 Å². The molecule has 0 aliphatic carbocycles. The lowest BCUT2D eigenvalue weighted by Gasteiger charge is -2.05. The topological polar surface area (TPSA) is 70.8 Å². The average molecular weight is 287 g/mol. The third-order valence-electron chi connectivity index (χ3n) is 1.52. The van der Waals surface area contributed by atoms with Gasteiger partial charge in [0.05, 0.1) is 5.02 Å². The van der Waals surface area contributed by atoms with Crippen LogP contribution in [0.1, 0.15) is 17.7 Å². The van der Waals surface area contributed by atoms with E-state index < -0.39 is 36.8 Å². The summed E-state index contributed by atoms with van der Waals surface area (Å²) in [5, 5.41) is 7.21. The molecule has 0 spiro atoms. The standard InChI is InChI=1S/C7H2Cl2F2N2O2S/c8-4-1-5(6(10)11)13-7(3(4)2-12)16(9,14)15/h1,6H. The number of aromatic nitrogens is 1. The minimum Gasteiger partial charge on any atom is -0.233 e. The number of nitrogens with zero attached hydrogens (tertiary/aromatic N) is 2. The lowest BCUT2D eigenvalue weighted by atomic mass is 10.2. The molecule has 86 valence electrons. The van der Waals surface area contributed by atoms with Crippen LogP contribution < -0.4 is 0 Å². The molecule has 0 saturated carbocycles. The smallest absolute Gasteiger partial charge is 0.233 e. The zero-order valence-corrected chi connectivity index (χ0v) is 9.61. The number of pyridine rings is 1. The number of alkyl halides is 2. The van der Waals surface area contributed by atoms with Crippen LogP contribution >= 0.6 is 22.3 Å². The number of hydrogen-bond donors (Lipinski definition) is 0. The van der Waals surface area contributed by atoms with Crippen molar-refractivity contribution in [2.75, 3.05) is 0 Å². The van der Waals surface area contributed by atoms with Crippen LogP contribution in [0.2, 0.25) is 5.02 Å². The fraction of sp³-hybridized carbons (Fsp3) is 0.143. The van der Waals surface area contributed by atoms with Gasteiger partial charge in [0.15, 0.2) is 5.03 Å². The highest BCUT2D eigenvalue weighted by atomic mass is 35.7. The summed E-state index contributed by atoms with van der Waals surface area (Å²) in [7, 11) is 0.543. The van der Waals surface area contributed by atoms with Crippen molar-refractivity contribution < 1.29 is 17.2 Å². The molecule has 1 aromatic heterocycles. The van der Waals surface area contributed by atoms with Gasteiger partial charge in [0.2, 0.25) is 0 Å². The molecular weight excluding hydrogens is 285 g/mol. The molecule has 0 aliphatic heterocycles. The third kappa shape index (κ3) is 2.58. The van der Waals surface area contributed by atoms with Crippen LogP contribution in [0.3, 0.4) is 0 Å². The Labute approximate surface area is 98.8 Å². The van der Waals surface area contributed by atoms with Crippen LogP contribution in [-0.2, 0) is 9.05 Å². The molecular formula is C7H2Cl2F2N2O2S. The molecule has 1 heterocycles. The van der Waals surface area contributed by atoms with Crippen LogP contribution in [0, 0.1) is 11.3 Å². The molecule has 0 amide bonds. The number of rotatable bonds is 2. The van der Waals surface area contributed by atoms with Crippen molar-refractivity contribution in [2.24, 2.45) is 0 Å². The molecule has 0 N–H and O–H groups in total. The first-order valence-corrected chi connectivity index (χ1v) is 6.29. The van der Waals surface area contributed by atoms with E-state index in [0.29, 0.717) is 0 Å². The fourth-order valence-electron chi connectivity index (χ4n) is 0.899. The maximum Gasteiger partial charge on any atom is 0.280 e. The summed E-state index contributed by atoms with van der Waals surface area (Å²) in [5.41, 5.74) is -1.41. The van der Waals surface area contributed by atoms with E-state index in [1.54, 1.807) is 0 Å². The van der Waals surface area contributed by atoms with Crippen LogP contribution in [0.15, 0.2) is 11.1 Å². The number of halogens is 4. The molecule has 0 saturated heterocycles. The maximum absolute atomic E-state index is 12.3. The molecule has 16 heavy (non-hydrogen) atoms. The molecule has 9 heteroatoms. The normalized spacial score (nSPS) is 11.5. The largest absolute Gasteiger partial charge is 0.280 e. The third-order valence-corrected chi connectivity index (χ3v) is 3.02. The first-order valence-electron chi connectivity index (χ1n) is 3.60. The van der Waals surface area contributed by atoms with E-state index in [1.165, 1.54) is 6.07 Å². The van der Waals surface area contributed by atoms with Crippen molar-refractivity contribution in [3.05, 3.63) is 22.3 Å². The van der Waals surface area contributed by atoms with Crippen LogP contribution in [0.5, 0.6) is 0 Å². The molecule has 0 fully saturated rings. The predicted molar refractivity (Wildman–Crippen MR) is 52.0 cm³/mol. The number of hydrogen-bond acceptors (Lipinski definition) is 4. The molecule has 0 aromatic carbocycles. The Bertz CT molecular complexity index is 568. The van der Waals surface area contributed by atoms with E-state index in [1.807, 2.05) is 0 Å². The summed E-state index contributed by atoms with van der Waals surface area (Å²) in [6, 6.07) is 2.15. The second kappa shape index (κ2) is 4.49. The molecule has 0 aliphatic rings. The maximum atomic E-state index is 12.3. The Kier molecular flexibility index (Phi) is 3.68. The first kappa shape index (κ1) is 13.1. The van der Waals surface area contributed by atoms with E-state index in [0.717, 1.165) is 6.07 Å². The van der Waals surface area contributed by atoms with Gasteiger partial charge in [-0.05, 0) is 6.07 Å². The summed E-state index contributed by atoms with van der Waals surface area (Å²) in [4.78, 5) is 3.10.